The van der Waals surface area contributed by atoms with Gasteiger partial charge in [0.1, 0.15) is 10.8 Å². The van der Waals surface area contributed by atoms with Gasteiger partial charge in [0.05, 0.1) is 45.3 Å². The molecule has 0 aliphatic carbocycles. The Morgan fingerprint density at radius 3 is 2.75 bits per heavy atom. The van der Waals surface area contributed by atoms with Crippen LogP contribution in [0.2, 0.25) is 10.0 Å². The Morgan fingerprint density at radius 1 is 1.16 bits per heavy atom. The van der Waals surface area contributed by atoms with Crippen LogP contribution in [-0.4, -0.2) is 39.3 Å². The highest BCUT2D eigenvalue weighted by Gasteiger charge is 2.12. The summed E-state index contributed by atoms with van der Waals surface area (Å²) in [5.74, 6) is 0.466. The van der Waals surface area contributed by atoms with E-state index in [4.69, 9.17) is 32.7 Å². The van der Waals surface area contributed by atoms with Gasteiger partial charge in [-0.1, -0.05) is 29.3 Å². The number of fused-ring (bicyclic) bond motifs is 1. The quantitative estimate of drug-likeness (QED) is 0.344. The van der Waals surface area contributed by atoms with Gasteiger partial charge < -0.3 is 14.8 Å². The topological polar surface area (TPSA) is 99.1 Å². The van der Waals surface area contributed by atoms with E-state index in [0.717, 1.165) is 15.2 Å². The fourth-order valence-electron chi connectivity index (χ4n) is 2.86. The summed E-state index contributed by atoms with van der Waals surface area (Å²) in [5.41, 5.74) is 1.89. The molecule has 0 aliphatic heterocycles. The van der Waals surface area contributed by atoms with Crippen molar-refractivity contribution in [3.8, 4) is 17.0 Å². The number of ether oxygens (including phenoxy) is 2. The first-order valence-electron chi connectivity index (χ1n) is 9.59. The van der Waals surface area contributed by atoms with Gasteiger partial charge in [-0.05, 0) is 31.2 Å². The first-order chi connectivity index (χ1) is 15.5. The van der Waals surface area contributed by atoms with E-state index in [9.17, 15) is 4.79 Å². The third-order valence-corrected chi connectivity index (χ3v) is 5.91. The third kappa shape index (κ3) is 5.24. The Morgan fingerprint density at radius 2 is 1.97 bits per heavy atom. The van der Waals surface area contributed by atoms with Gasteiger partial charge in [-0.15, -0.1) is 16.4 Å². The van der Waals surface area contributed by atoms with Crippen molar-refractivity contribution in [2.75, 3.05) is 18.5 Å². The summed E-state index contributed by atoms with van der Waals surface area (Å²) in [6.07, 6.45) is 1.51. The number of anilines is 1. The smallest absolute Gasteiger partial charge is 0.344 e. The molecule has 0 spiro atoms. The minimum Gasteiger partial charge on any atom is -0.482 e. The molecule has 0 aliphatic rings. The predicted molar refractivity (Wildman–Crippen MR) is 124 cm³/mol. The van der Waals surface area contributed by atoms with E-state index in [0.29, 0.717) is 46.2 Å². The fraction of sp³-hybridized carbons (Fsp3) is 0.190. The molecule has 0 atom stereocenters. The second-order valence-corrected chi connectivity index (χ2v) is 8.38. The minimum absolute atomic E-state index is 0.145. The predicted octanol–water partition coefficient (Wildman–Crippen LogP) is 5.01. The average Bonchev–Trinajstić information content (AvgIpc) is 3.19. The number of aromatic nitrogens is 4. The number of carbonyl (C=O) groups excluding carboxylic acids is 1. The summed E-state index contributed by atoms with van der Waals surface area (Å²) in [6.45, 7) is 2.32. The van der Waals surface area contributed by atoms with Crippen molar-refractivity contribution < 1.29 is 14.3 Å². The Labute approximate surface area is 197 Å². The molecule has 1 N–H and O–H groups in total. The average molecular weight is 490 g/mol. The van der Waals surface area contributed by atoms with Gasteiger partial charge in [-0.3, -0.25) is 0 Å². The minimum atomic E-state index is -0.412. The Hall–Kier alpha value is -3.01. The number of thiazole rings is 1. The molecule has 0 unspecified atom stereocenters. The zero-order chi connectivity index (χ0) is 22.5. The molecule has 0 bridgehead atoms. The van der Waals surface area contributed by atoms with Gasteiger partial charge in [0.25, 0.3) is 0 Å². The lowest BCUT2D eigenvalue weighted by molar-refractivity contribution is -0.145. The molecule has 0 fully saturated rings. The van der Waals surface area contributed by atoms with Crippen LogP contribution < -0.4 is 10.1 Å². The molecule has 4 aromatic rings. The number of benzene rings is 2. The maximum Gasteiger partial charge on any atom is 0.344 e. The Bertz CT molecular complexity index is 1250. The molecule has 4 rings (SSSR count). The normalized spacial score (nSPS) is 10.8. The van der Waals surface area contributed by atoms with E-state index in [-0.39, 0.29) is 6.61 Å². The summed E-state index contributed by atoms with van der Waals surface area (Å²) in [7, 11) is 0. The molecular weight excluding hydrogens is 473 g/mol. The summed E-state index contributed by atoms with van der Waals surface area (Å²) < 4.78 is 11.3. The van der Waals surface area contributed by atoms with Crippen molar-refractivity contribution in [1.29, 1.82) is 0 Å². The molecule has 32 heavy (non-hydrogen) atoms. The Kier molecular flexibility index (Phi) is 6.99. The second-order valence-electron chi connectivity index (χ2n) is 6.45. The van der Waals surface area contributed by atoms with Crippen molar-refractivity contribution in [2.24, 2.45) is 0 Å². The van der Waals surface area contributed by atoms with Gasteiger partial charge in [-0.2, -0.15) is 5.10 Å². The van der Waals surface area contributed by atoms with Crippen molar-refractivity contribution in [1.82, 2.24) is 20.2 Å². The Balaban J connectivity index is 1.45. The van der Waals surface area contributed by atoms with E-state index < -0.39 is 5.97 Å². The molecule has 0 radical (unpaired) electrons. The summed E-state index contributed by atoms with van der Waals surface area (Å²) >= 11 is 14.1. The molecule has 8 nitrogen and oxygen atoms in total. The number of carbonyl (C=O) groups is 1. The zero-order valence-corrected chi connectivity index (χ0v) is 19.2. The molecule has 0 saturated carbocycles. The summed E-state index contributed by atoms with van der Waals surface area (Å²) in [4.78, 5) is 20.5. The lowest BCUT2D eigenvalue weighted by Gasteiger charge is -2.07. The fourth-order valence-corrected chi connectivity index (χ4v) is 4.34. The second kappa shape index (κ2) is 10.1. The number of halogens is 2. The van der Waals surface area contributed by atoms with Crippen molar-refractivity contribution in [3.05, 3.63) is 57.6 Å². The number of esters is 1. The molecule has 0 saturated heterocycles. The molecule has 164 valence electrons. The van der Waals surface area contributed by atoms with Gasteiger partial charge >= 0.3 is 5.97 Å². The highest BCUT2D eigenvalue weighted by atomic mass is 35.5. The monoisotopic (exact) mass is 489 g/mol. The summed E-state index contributed by atoms with van der Waals surface area (Å²) in [6, 6.07) is 10.7. The number of hydrogen-bond donors (Lipinski definition) is 1. The van der Waals surface area contributed by atoms with Gasteiger partial charge in [0.15, 0.2) is 6.61 Å². The van der Waals surface area contributed by atoms with Crippen molar-refractivity contribution in [3.63, 3.8) is 0 Å². The van der Waals surface area contributed by atoms with Crippen molar-refractivity contribution in [2.45, 2.75) is 13.5 Å². The number of rotatable bonds is 8. The number of nitrogens with zero attached hydrogens (tertiary/aromatic N) is 4. The van der Waals surface area contributed by atoms with Crippen LogP contribution >= 0.6 is 34.5 Å². The third-order valence-electron chi connectivity index (χ3n) is 4.24. The zero-order valence-electron chi connectivity index (χ0n) is 16.8. The van der Waals surface area contributed by atoms with Crippen LogP contribution in [0.3, 0.4) is 0 Å². The van der Waals surface area contributed by atoms with Crippen LogP contribution in [0.4, 0.5) is 5.95 Å². The SMILES string of the molecule is CCOC(=O)COc1ccc2sc(CNc3nncc(-c4c(Cl)cccc4Cl)n3)nc2c1. The number of hydrogen-bond acceptors (Lipinski definition) is 9. The van der Waals surface area contributed by atoms with E-state index in [1.807, 2.05) is 6.07 Å². The molecule has 2 heterocycles. The summed E-state index contributed by atoms with van der Waals surface area (Å²) in [5, 5.41) is 12.9. The number of nitrogens with one attached hydrogen (secondary N) is 1. The van der Waals surface area contributed by atoms with E-state index in [2.05, 4.69) is 25.5 Å². The van der Waals surface area contributed by atoms with Crippen LogP contribution in [0, 0.1) is 0 Å². The van der Waals surface area contributed by atoms with Gasteiger partial charge in [0, 0.05) is 11.6 Å². The van der Waals surface area contributed by atoms with Gasteiger partial charge in [-0.25, -0.2) is 14.8 Å². The highest BCUT2D eigenvalue weighted by Crippen LogP contribution is 2.33. The molecule has 2 aromatic carbocycles. The molecule has 11 heteroatoms. The van der Waals surface area contributed by atoms with Crippen LogP contribution in [0.5, 0.6) is 5.75 Å². The van der Waals surface area contributed by atoms with Crippen LogP contribution in [0.25, 0.3) is 21.5 Å². The van der Waals surface area contributed by atoms with Crippen LogP contribution in [0.15, 0.2) is 42.6 Å². The molecular formula is C21H17Cl2N5O3S. The maximum atomic E-state index is 11.5. The maximum absolute atomic E-state index is 11.5. The first kappa shape index (κ1) is 22.2. The largest absolute Gasteiger partial charge is 0.482 e. The van der Waals surface area contributed by atoms with Gasteiger partial charge in [0.2, 0.25) is 5.95 Å². The highest BCUT2D eigenvalue weighted by molar-refractivity contribution is 7.18. The van der Waals surface area contributed by atoms with Crippen LogP contribution in [0.1, 0.15) is 11.9 Å². The van der Waals surface area contributed by atoms with E-state index >= 15 is 0 Å². The lowest BCUT2D eigenvalue weighted by Crippen LogP contribution is -2.14. The standard InChI is InChI=1S/C21H17Cl2N5O3S/c1-2-30-19(29)11-31-12-6-7-17-15(8-12)26-18(32-17)10-24-21-27-16(9-25-28-21)20-13(22)4-3-5-14(20)23/h3-9H,2,10-11H2,1H3,(H,24,27,28). The van der Waals surface area contributed by atoms with Crippen molar-refractivity contribution >= 4 is 56.7 Å². The van der Waals surface area contributed by atoms with E-state index in [1.165, 1.54) is 17.5 Å². The lowest BCUT2D eigenvalue weighted by atomic mass is 10.1. The molecule has 0 amide bonds. The van der Waals surface area contributed by atoms with Crippen LogP contribution in [-0.2, 0) is 16.1 Å². The van der Waals surface area contributed by atoms with E-state index in [1.54, 1.807) is 37.3 Å². The molecule has 2 aromatic heterocycles. The first-order valence-corrected chi connectivity index (χ1v) is 11.2.